The van der Waals surface area contributed by atoms with Crippen molar-refractivity contribution in [1.82, 2.24) is 20.1 Å². The molecule has 1 amide bonds. The number of aromatic nitrogens is 3. The second-order valence-corrected chi connectivity index (χ2v) is 6.07. The van der Waals surface area contributed by atoms with Crippen molar-refractivity contribution in [3.63, 3.8) is 0 Å². The summed E-state index contributed by atoms with van der Waals surface area (Å²) < 4.78 is 5.95. The van der Waals surface area contributed by atoms with Gasteiger partial charge in [0.2, 0.25) is 5.91 Å². The zero-order chi connectivity index (χ0) is 16.2. The molecule has 6 heteroatoms. The Morgan fingerprint density at radius 3 is 2.83 bits per heavy atom. The third-order valence-electron chi connectivity index (χ3n) is 4.37. The first-order chi connectivity index (χ1) is 11.1. The molecule has 122 valence electrons. The van der Waals surface area contributed by atoms with E-state index in [1.54, 1.807) is 19.3 Å². The molecule has 0 aliphatic carbocycles. The normalized spacial score (nSPS) is 15.7. The molecule has 0 unspecified atom stereocenters. The van der Waals surface area contributed by atoms with Gasteiger partial charge in [0, 0.05) is 26.2 Å². The van der Waals surface area contributed by atoms with E-state index in [9.17, 15) is 4.79 Å². The molecule has 0 atom stereocenters. The second kappa shape index (κ2) is 6.81. The third kappa shape index (κ3) is 3.70. The summed E-state index contributed by atoms with van der Waals surface area (Å²) in [5.74, 6) is 1.48. The number of carbonyl (C=O) groups is 1. The number of nitrogens with zero attached hydrogens (tertiary/aromatic N) is 3. The summed E-state index contributed by atoms with van der Waals surface area (Å²) in [6.45, 7) is 6.00. The first kappa shape index (κ1) is 15.5. The van der Waals surface area contributed by atoms with E-state index in [1.807, 2.05) is 24.0 Å². The van der Waals surface area contributed by atoms with E-state index in [2.05, 4.69) is 15.2 Å². The number of carbonyl (C=O) groups excluding carboxylic acids is 1. The van der Waals surface area contributed by atoms with Crippen molar-refractivity contribution in [3.8, 4) is 17.1 Å². The predicted molar refractivity (Wildman–Crippen MR) is 87.0 cm³/mol. The molecule has 23 heavy (non-hydrogen) atoms. The SMILES string of the molecule is CC(=O)N1CCC(COc2cnc(-c3ccn[nH]3)cc2C)CC1. The fourth-order valence-electron chi connectivity index (χ4n) is 2.86. The van der Waals surface area contributed by atoms with Gasteiger partial charge in [0.15, 0.2) is 0 Å². The number of rotatable bonds is 4. The Hall–Kier alpha value is -2.37. The first-order valence-corrected chi connectivity index (χ1v) is 7.98. The molecule has 0 saturated carbocycles. The van der Waals surface area contributed by atoms with Gasteiger partial charge in [0.1, 0.15) is 5.75 Å². The molecule has 1 saturated heterocycles. The molecule has 1 aliphatic rings. The van der Waals surface area contributed by atoms with Crippen LogP contribution in [0, 0.1) is 12.8 Å². The number of hydrogen-bond donors (Lipinski definition) is 1. The van der Waals surface area contributed by atoms with Gasteiger partial charge in [-0.3, -0.25) is 14.9 Å². The Balaban J connectivity index is 1.56. The molecular weight excluding hydrogens is 292 g/mol. The lowest BCUT2D eigenvalue weighted by atomic mass is 9.98. The van der Waals surface area contributed by atoms with Crippen molar-refractivity contribution in [1.29, 1.82) is 0 Å². The van der Waals surface area contributed by atoms with Crippen LogP contribution in [0.2, 0.25) is 0 Å². The van der Waals surface area contributed by atoms with E-state index < -0.39 is 0 Å². The summed E-state index contributed by atoms with van der Waals surface area (Å²) in [6.07, 6.45) is 5.48. The fourth-order valence-corrected chi connectivity index (χ4v) is 2.86. The second-order valence-electron chi connectivity index (χ2n) is 6.07. The Morgan fingerprint density at radius 2 is 2.22 bits per heavy atom. The molecule has 1 fully saturated rings. The number of pyridine rings is 1. The molecular formula is C17H22N4O2. The van der Waals surface area contributed by atoms with Gasteiger partial charge in [-0.25, -0.2) is 0 Å². The van der Waals surface area contributed by atoms with E-state index in [-0.39, 0.29) is 5.91 Å². The van der Waals surface area contributed by atoms with Gasteiger partial charge in [0.05, 0.1) is 24.2 Å². The Labute approximate surface area is 135 Å². The Bertz CT molecular complexity index is 661. The average Bonchev–Trinajstić information content (AvgIpc) is 3.08. The van der Waals surface area contributed by atoms with Crippen molar-refractivity contribution in [2.75, 3.05) is 19.7 Å². The lowest BCUT2D eigenvalue weighted by Crippen LogP contribution is -2.38. The van der Waals surface area contributed by atoms with Gasteiger partial charge in [-0.2, -0.15) is 5.10 Å². The molecule has 3 heterocycles. The highest BCUT2D eigenvalue weighted by Gasteiger charge is 2.21. The molecule has 1 N–H and O–H groups in total. The van der Waals surface area contributed by atoms with Crippen molar-refractivity contribution in [3.05, 3.63) is 30.1 Å². The Kier molecular flexibility index (Phi) is 4.60. The van der Waals surface area contributed by atoms with Crippen LogP contribution in [0.25, 0.3) is 11.4 Å². The van der Waals surface area contributed by atoms with Crippen LogP contribution in [0.3, 0.4) is 0 Å². The number of H-pyrrole nitrogens is 1. The zero-order valence-corrected chi connectivity index (χ0v) is 13.6. The van der Waals surface area contributed by atoms with Crippen LogP contribution in [-0.2, 0) is 4.79 Å². The zero-order valence-electron chi connectivity index (χ0n) is 13.6. The highest BCUT2D eigenvalue weighted by molar-refractivity contribution is 5.73. The summed E-state index contributed by atoms with van der Waals surface area (Å²) in [4.78, 5) is 17.7. The molecule has 3 rings (SSSR count). The lowest BCUT2D eigenvalue weighted by molar-refractivity contribution is -0.130. The molecule has 0 spiro atoms. The van der Waals surface area contributed by atoms with Crippen LogP contribution in [0.1, 0.15) is 25.3 Å². The van der Waals surface area contributed by atoms with Gasteiger partial charge >= 0.3 is 0 Å². The number of nitrogens with one attached hydrogen (secondary N) is 1. The van der Waals surface area contributed by atoms with E-state index >= 15 is 0 Å². The quantitative estimate of drug-likeness (QED) is 0.941. The van der Waals surface area contributed by atoms with E-state index in [0.717, 1.165) is 48.6 Å². The highest BCUT2D eigenvalue weighted by atomic mass is 16.5. The average molecular weight is 314 g/mol. The number of aromatic amines is 1. The molecule has 2 aromatic rings. The van der Waals surface area contributed by atoms with Crippen LogP contribution < -0.4 is 4.74 Å². The van der Waals surface area contributed by atoms with Crippen LogP contribution in [0.5, 0.6) is 5.75 Å². The minimum Gasteiger partial charge on any atom is -0.491 e. The molecule has 0 aromatic carbocycles. The van der Waals surface area contributed by atoms with Gasteiger partial charge in [-0.1, -0.05) is 0 Å². The predicted octanol–water partition coefficient (Wildman–Crippen LogP) is 2.42. The third-order valence-corrected chi connectivity index (χ3v) is 4.37. The summed E-state index contributed by atoms with van der Waals surface area (Å²) in [7, 11) is 0. The van der Waals surface area contributed by atoms with Crippen molar-refractivity contribution >= 4 is 5.91 Å². The first-order valence-electron chi connectivity index (χ1n) is 7.98. The standard InChI is InChI=1S/C17H22N4O2/c1-12-9-16(15-3-6-19-20-15)18-10-17(12)23-11-14-4-7-21(8-5-14)13(2)22/h3,6,9-10,14H,4-5,7-8,11H2,1-2H3,(H,19,20). The van der Waals surface area contributed by atoms with E-state index in [4.69, 9.17) is 4.74 Å². The summed E-state index contributed by atoms with van der Waals surface area (Å²) in [6, 6.07) is 3.90. The smallest absolute Gasteiger partial charge is 0.219 e. The molecule has 0 radical (unpaired) electrons. The Morgan fingerprint density at radius 1 is 1.43 bits per heavy atom. The highest BCUT2D eigenvalue weighted by Crippen LogP contribution is 2.24. The maximum absolute atomic E-state index is 11.3. The van der Waals surface area contributed by atoms with Crippen LogP contribution >= 0.6 is 0 Å². The topological polar surface area (TPSA) is 71.1 Å². The van der Waals surface area contributed by atoms with E-state index in [0.29, 0.717) is 12.5 Å². The lowest BCUT2D eigenvalue weighted by Gasteiger charge is -2.31. The minimum atomic E-state index is 0.166. The number of piperidine rings is 1. The molecule has 1 aliphatic heterocycles. The van der Waals surface area contributed by atoms with Crippen LogP contribution in [-0.4, -0.2) is 45.7 Å². The van der Waals surface area contributed by atoms with Gasteiger partial charge in [-0.05, 0) is 43.4 Å². The van der Waals surface area contributed by atoms with Crippen LogP contribution in [0.4, 0.5) is 0 Å². The maximum atomic E-state index is 11.3. The monoisotopic (exact) mass is 314 g/mol. The maximum Gasteiger partial charge on any atom is 0.219 e. The summed E-state index contributed by atoms with van der Waals surface area (Å²) in [5.41, 5.74) is 2.82. The summed E-state index contributed by atoms with van der Waals surface area (Å²) >= 11 is 0. The minimum absolute atomic E-state index is 0.166. The molecule has 2 aromatic heterocycles. The summed E-state index contributed by atoms with van der Waals surface area (Å²) in [5, 5.41) is 6.85. The number of aryl methyl sites for hydroxylation is 1. The van der Waals surface area contributed by atoms with Gasteiger partial charge in [0.25, 0.3) is 0 Å². The van der Waals surface area contributed by atoms with Crippen LogP contribution in [0.15, 0.2) is 24.5 Å². The van der Waals surface area contributed by atoms with Crippen molar-refractivity contribution in [2.45, 2.75) is 26.7 Å². The number of likely N-dealkylation sites (tertiary alicyclic amines) is 1. The largest absolute Gasteiger partial charge is 0.491 e. The molecule has 6 nitrogen and oxygen atoms in total. The van der Waals surface area contributed by atoms with Crippen molar-refractivity contribution < 1.29 is 9.53 Å². The number of ether oxygens (including phenoxy) is 1. The van der Waals surface area contributed by atoms with Gasteiger partial charge < -0.3 is 9.64 Å². The number of amides is 1. The number of hydrogen-bond acceptors (Lipinski definition) is 4. The fraction of sp³-hybridized carbons (Fsp3) is 0.471. The van der Waals surface area contributed by atoms with E-state index in [1.165, 1.54) is 0 Å². The van der Waals surface area contributed by atoms with Crippen molar-refractivity contribution in [2.24, 2.45) is 5.92 Å². The molecule has 0 bridgehead atoms. The van der Waals surface area contributed by atoms with Gasteiger partial charge in [-0.15, -0.1) is 0 Å².